The van der Waals surface area contributed by atoms with Crippen LogP contribution in [0.3, 0.4) is 0 Å². The normalized spacial score (nSPS) is 10.1. The number of nitrogen functional groups attached to an aromatic ring is 1. The molecule has 0 aliphatic carbocycles. The molecule has 0 atom stereocenters. The summed E-state index contributed by atoms with van der Waals surface area (Å²) in [6.07, 6.45) is 2.66. The maximum absolute atomic E-state index is 5.22. The molecule has 15 heavy (non-hydrogen) atoms. The number of nitrogens with two attached hydrogens (primary N) is 1. The Morgan fingerprint density at radius 2 is 2.33 bits per heavy atom. The Labute approximate surface area is 89.2 Å². The quantitative estimate of drug-likeness (QED) is 0.361. The van der Waals surface area contributed by atoms with Gasteiger partial charge in [0.1, 0.15) is 5.82 Å². The van der Waals surface area contributed by atoms with Gasteiger partial charge in [-0.2, -0.15) is 4.98 Å². The van der Waals surface area contributed by atoms with Gasteiger partial charge in [0.2, 0.25) is 5.95 Å². The van der Waals surface area contributed by atoms with E-state index in [1.807, 2.05) is 6.92 Å². The Balaban J connectivity index is 2.51. The summed E-state index contributed by atoms with van der Waals surface area (Å²) in [4.78, 5) is 8.18. The molecule has 0 bridgehead atoms. The molecule has 4 N–H and O–H groups in total. The summed E-state index contributed by atoms with van der Waals surface area (Å²) in [5.41, 5.74) is 3.40. The summed E-state index contributed by atoms with van der Waals surface area (Å²) < 4.78 is 4.95. The number of anilines is 2. The number of nitrogens with zero attached hydrogens (tertiary/aromatic N) is 2. The van der Waals surface area contributed by atoms with Crippen LogP contribution >= 0.6 is 0 Å². The van der Waals surface area contributed by atoms with Gasteiger partial charge in [-0.1, -0.05) is 0 Å². The third-order valence-corrected chi connectivity index (χ3v) is 1.92. The van der Waals surface area contributed by atoms with Gasteiger partial charge in [-0.15, -0.1) is 0 Å². The van der Waals surface area contributed by atoms with Crippen LogP contribution in [0, 0.1) is 6.92 Å². The minimum Gasteiger partial charge on any atom is -0.385 e. The maximum Gasteiger partial charge on any atom is 0.239 e. The van der Waals surface area contributed by atoms with Crippen LogP contribution in [0.4, 0.5) is 11.8 Å². The number of hydrogen-bond donors (Lipinski definition) is 3. The minimum atomic E-state index is 0.412. The third-order valence-electron chi connectivity index (χ3n) is 1.92. The van der Waals surface area contributed by atoms with Gasteiger partial charge in [-0.3, -0.25) is 5.43 Å². The zero-order valence-corrected chi connectivity index (χ0v) is 9.08. The van der Waals surface area contributed by atoms with Crippen molar-refractivity contribution in [3.63, 3.8) is 0 Å². The fourth-order valence-electron chi connectivity index (χ4n) is 1.11. The SMILES string of the molecule is COCCCNc1nc(NN)ncc1C. The molecule has 6 nitrogen and oxygen atoms in total. The van der Waals surface area contributed by atoms with Crippen LogP contribution in [0.25, 0.3) is 0 Å². The number of methoxy groups -OCH3 is 1. The highest BCUT2D eigenvalue weighted by Gasteiger charge is 2.01. The van der Waals surface area contributed by atoms with Gasteiger partial charge >= 0.3 is 0 Å². The third kappa shape index (κ3) is 3.69. The second-order valence-corrected chi connectivity index (χ2v) is 3.14. The molecule has 0 amide bonds. The topological polar surface area (TPSA) is 85.1 Å². The molecule has 84 valence electrons. The molecule has 1 heterocycles. The summed E-state index contributed by atoms with van der Waals surface area (Å²) in [5.74, 6) is 6.43. The fourth-order valence-corrected chi connectivity index (χ4v) is 1.11. The summed E-state index contributed by atoms with van der Waals surface area (Å²) >= 11 is 0. The lowest BCUT2D eigenvalue weighted by Crippen LogP contribution is -2.13. The molecule has 0 fully saturated rings. The van der Waals surface area contributed by atoms with E-state index >= 15 is 0 Å². The van der Waals surface area contributed by atoms with E-state index in [-0.39, 0.29) is 0 Å². The van der Waals surface area contributed by atoms with Crippen LogP contribution in [-0.2, 0) is 4.74 Å². The first-order valence-electron chi connectivity index (χ1n) is 4.81. The highest BCUT2D eigenvalue weighted by molar-refractivity contribution is 5.45. The van der Waals surface area contributed by atoms with E-state index in [1.165, 1.54) is 0 Å². The van der Waals surface area contributed by atoms with Gasteiger partial charge in [-0.05, 0) is 13.3 Å². The summed E-state index contributed by atoms with van der Waals surface area (Å²) in [6, 6.07) is 0. The van der Waals surface area contributed by atoms with E-state index < -0.39 is 0 Å². The number of hydrogen-bond acceptors (Lipinski definition) is 6. The van der Waals surface area contributed by atoms with Crippen molar-refractivity contribution in [2.24, 2.45) is 5.84 Å². The second-order valence-electron chi connectivity index (χ2n) is 3.14. The van der Waals surface area contributed by atoms with Crippen LogP contribution in [0.5, 0.6) is 0 Å². The molecule has 0 radical (unpaired) electrons. The first-order valence-corrected chi connectivity index (χ1v) is 4.81. The number of ether oxygens (including phenoxy) is 1. The summed E-state index contributed by atoms with van der Waals surface area (Å²) in [6.45, 7) is 3.49. The molecule has 1 rings (SSSR count). The van der Waals surface area contributed by atoms with E-state index in [2.05, 4.69) is 20.7 Å². The molecule has 0 aliphatic heterocycles. The minimum absolute atomic E-state index is 0.412. The van der Waals surface area contributed by atoms with E-state index in [9.17, 15) is 0 Å². The highest BCUT2D eigenvalue weighted by atomic mass is 16.5. The first-order chi connectivity index (χ1) is 7.27. The molecular weight excluding hydrogens is 194 g/mol. The Hall–Kier alpha value is -1.40. The predicted octanol–water partition coefficient (Wildman–Crippen LogP) is 0.519. The Kier molecular flexibility index (Phi) is 4.79. The average Bonchev–Trinajstić information content (AvgIpc) is 2.26. The lowest BCUT2D eigenvalue weighted by atomic mass is 10.3. The average molecular weight is 211 g/mol. The predicted molar refractivity (Wildman–Crippen MR) is 59.6 cm³/mol. The van der Waals surface area contributed by atoms with Crippen molar-refractivity contribution in [3.8, 4) is 0 Å². The molecule has 0 saturated heterocycles. The number of aryl methyl sites for hydroxylation is 1. The Bertz CT molecular complexity index is 305. The summed E-state index contributed by atoms with van der Waals surface area (Å²) in [5, 5.41) is 3.20. The molecule has 0 spiro atoms. The highest BCUT2D eigenvalue weighted by Crippen LogP contribution is 2.11. The van der Waals surface area contributed by atoms with Crippen molar-refractivity contribution in [3.05, 3.63) is 11.8 Å². The smallest absolute Gasteiger partial charge is 0.239 e. The van der Waals surface area contributed by atoms with Gasteiger partial charge < -0.3 is 10.1 Å². The van der Waals surface area contributed by atoms with Crippen LogP contribution in [0.1, 0.15) is 12.0 Å². The van der Waals surface area contributed by atoms with Crippen molar-refractivity contribution in [1.29, 1.82) is 0 Å². The number of nitrogens with one attached hydrogen (secondary N) is 2. The van der Waals surface area contributed by atoms with Gasteiger partial charge in [-0.25, -0.2) is 10.8 Å². The van der Waals surface area contributed by atoms with Crippen molar-refractivity contribution in [1.82, 2.24) is 9.97 Å². The van der Waals surface area contributed by atoms with Crippen molar-refractivity contribution >= 4 is 11.8 Å². The van der Waals surface area contributed by atoms with Gasteiger partial charge in [0, 0.05) is 32.0 Å². The van der Waals surface area contributed by atoms with Gasteiger partial charge in [0.15, 0.2) is 0 Å². The molecule has 0 aliphatic rings. The molecular formula is C9H17N5O. The molecule has 6 heteroatoms. The largest absolute Gasteiger partial charge is 0.385 e. The van der Waals surface area contributed by atoms with Crippen molar-refractivity contribution < 1.29 is 4.74 Å². The molecule has 1 aromatic rings. The Morgan fingerprint density at radius 3 is 3.00 bits per heavy atom. The number of rotatable bonds is 6. The van der Waals surface area contributed by atoms with Gasteiger partial charge in [0.05, 0.1) is 0 Å². The van der Waals surface area contributed by atoms with Crippen LogP contribution in [0.2, 0.25) is 0 Å². The maximum atomic E-state index is 5.22. The number of hydrazine groups is 1. The van der Waals surface area contributed by atoms with Crippen LogP contribution in [-0.4, -0.2) is 30.2 Å². The molecule has 0 saturated carbocycles. The van der Waals surface area contributed by atoms with Crippen molar-refractivity contribution in [2.75, 3.05) is 31.0 Å². The van der Waals surface area contributed by atoms with Gasteiger partial charge in [0.25, 0.3) is 0 Å². The summed E-state index contributed by atoms with van der Waals surface area (Å²) in [7, 11) is 1.69. The van der Waals surface area contributed by atoms with Crippen molar-refractivity contribution in [2.45, 2.75) is 13.3 Å². The lowest BCUT2D eigenvalue weighted by molar-refractivity contribution is 0.197. The monoisotopic (exact) mass is 211 g/mol. The fraction of sp³-hybridized carbons (Fsp3) is 0.556. The van der Waals surface area contributed by atoms with Crippen LogP contribution in [0.15, 0.2) is 6.20 Å². The second kappa shape index (κ2) is 6.15. The van der Waals surface area contributed by atoms with E-state index in [4.69, 9.17) is 10.6 Å². The van der Waals surface area contributed by atoms with Crippen LogP contribution < -0.4 is 16.6 Å². The lowest BCUT2D eigenvalue weighted by Gasteiger charge is -2.08. The van der Waals surface area contributed by atoms with E-state index in [1.54, 1.807) is 13.3 Å². The zero-order chi connectivity index (χ0) is 11.1. The molecule has 1 aromatic heterocycles. The standard InChI is InChI=1S/C9H17N5O/c1-7-6-12-9(14-10)13-8(7)11-4-3-5-15-2/h6H,3-5,10H2,1-2H3,(H2,11,12,13,14). The zero-order valence-electron chi connectivity index (χ0n) is 9.08. The number of aromatic nitrogens is 2. The first kappa shape index (κ1) is 11.7. The molecule has 0 aromatic carbocycles. The van der Waals surface area contributed by atoms with E-state index in [0.29, 0.717) is 5.95 Å². The van der Waals surface area contributed by atoms with E-state index in [0.717, 1.165) is 31.0 Å². The molecule has 0 unspecified atom stereocenters. The Morgan fingerprint density at radius 1 is 1.53 bits per heavy atom.